The van der Waals surface area contributed by atoms with E-state index < -0.39 is 0 Å². The lowest BCUT2D eigenvalue weighted by Gasteiger charge is -2.27. The first-order chi connectivity index (χ1) is 11.9. The number of carbonyl (C=O) groups is 1. The van der Waals surface area contributed by atoms with Crippen LogP contribution in [0.5, 0.6) is 0 Å². The number of ether oxygens (including phenoxy) is 1. The van der Waals surface area contributed by atoms with Crippen LogP contribution < -0.4 is 10.2 Å². The Hall–Kier alpha value is -2.47. The van der Waals surface area contributed by atoms with Gasteiger partial charge in [-0.15, -0.1) is 10.2 Å². The molecule has 0 spiro atoms. The molecule has 0 unspecified atom stereocenters. The molecule has 1 amide bonds. The van der Waals surface area contributed by atoms with Crippen LogP contribution in [0.3, 0.4) is 0 Å². The van der Waals surface area contributed by atoms with Crippen molar-refractivity contribution in [2.45, 2.75) is 26.2 Å². The van der Waals surface area contributed by atoms with E-state index in [2.05, 4.69) is 41.2 Å². The third kappa shape index (κ3) is 4.33. The number of rotatable bonds is 3. The fraction of sp³-hybridized carbons (Fsp3) is 0.421. The van der Waals surface area contributed by atoms with E-state index in [0.717, 1.165) is 18.9 Å². The van der Waals surface area contributed by atoms with Crippen molar-refractivity contribution in [3.63, 3.8) is 0 Å². The molecule has 1 N–H and O–H groups in total. The zero-order valence-electron chi connectivity index (χ0n) is 15.0. The third-order valence-corrected chi connectivity index (χ3v) is 4.24. The maximum atomic E-state index is 12.4. The number of aromatic nitrogens is 2. The highest BCUT2D eigenvalue weighted by Gasteiger charge is 2.15. The summed E-state index contributed by atoms with van der Waals surface area (Å²) in [6.07, 6.45) is 0. The van der Waals surface area contributed by atoms with E-state index >= 15 is 0 Å². The molecule has 6 nitrogen and oxygen atoms in total. The molecule has 132 valence electrons. The van der Waals surface area contributed by atoms with Gasteiger partial charge in [-0.3, -0.25) is 4.79 Å². The Morgan fingerprint density at radius 1 is 1.04 bits per heavy atom. The van der Waals surface area contributed by atoms with E-state index in [1.165, 1.54) is 5.56 Å². The van der Waals surface area contributed by atoms with Gasteiger partial charge in [-0.05, 0) is 35.2 Å². The Balaban J connectivity index is 1.64. The van der Waals surface area contributed by atoms with Crippen molar-refractivity contribution in [3.05, 3.63) is 47.5 Å². The van der Waals surface area contributed by atoms with Gasteiger partial charge in [0.25, 0.3) is 5.91 Å². The summed E-state index contributed by atoms with van der Waals surface area (Å²) >= 11 is 0. The molecule has 1 aromatic carbocycles. The van der Waals surface area contributed by atoms with Crippen LogP contribution in [0.1, 0.15) is 36.7 Å². The molecule has 0 atom stereocenters. The van der Waals surface area contributed by atoms with Crippen LogP contribution >= 0.6 is 0 Å². The molecule has 1 aliphatic rings. The summed E-state index contributed by atoms with van der Waals surface area (Å²) in [4.78, 5) is 14.5. The second-order valence-electron chi connectivity index (χ2n) is 7.16. The largest absolute Gasteiger partial charge is 0.378 e. The summed E-state index contributed by atoms with van der Waals surface area (Å²) in [7, 11) is 0. The van der Waals surface area contributed by atoms with Crippen molar-refractivity contribution < 1.29 is 9.53 Å². The second-order valence-corrected chi connectivity index (χ2v) is 7.16. The van der Waals surface area contributed by atoms with E-state index in [4.69, 9.17) is 4.74 Å². The first-order valence-electron chi connectivity index (χ1n) is 8.52. The monoisotopic (exact) mass is 340 g/mol. The first kappa shape index (κ1) is 17.4. The number of anilines is 2. The van der Waals surface area contributed by atoms with Gasteiger partial charge in [0.2, 0.25) is 0 Å². The lowest BCUT2D eigenvalue weighted by Crippen LogP contribution is -2.36. The minimum atomic E-state index is -0.186. The standard InChI is InChI=1S/C19H24N4O2/c1-19(2,3)15-6-4-14(5-7-15)18(24)20-16-8-9-17(22-21-16)23-10-12-25-13-11-23/h4-9H,10-13H2,1-3H3,(H,20,21,24). The van der Waals surface area contributed by atoms with Gasteiger partial charge in [0, 0.05) is 18.7 Å². The van der Waals surface area contributed by atoms with Crippen molar-refractivity contribution in [3.8, 4) is 0 Å². The average molecular weight is 340 g/mol. The van der Waals surface area contributed by atoms with Gasteiger partial charge in [-0.25, -0.2) is 0 Å². The highest BCUT2D eigenvalue weighted by Crippen LogP contribution is 2.22. The molecule has 0 bridgehead atoms. The van der Waals surface area contributed by atoms with Crippen molar-refractivity contribution in [2.75, 3.05) is 36.5 Å². The van der Waals surface area contributed by atoms with E-state index in [0.29, 0.717) is 24.6 Å². The normalized spacial score (nSPS) is 15.1. The Morgan fingerprint density at radius 3 is 2.28 bits per heavy atom. The molecule has 0 radical (unpaired) electrons. The zero-order valence-corrected chi connectivity index (χ0v) is 15.0. The minimum absolute atomic E-state index is 0.0653. The smallest absolute Gasteiger partial charge is 0.256 e. The molecular weight excluding hydrogens is 316 g/mol. The van der Waals surface area contributed by atoms with E-state index in [9.17, 15) is 4.79 Å². The number of hydrogen-bond acceptors (Lipinski definition) is 5. The molecule has 1 fully saturated rings. The summed E-state index contributed by atoms with van der Waals surface area (Å²) in [6, 6.07) is 11.3. The number of morpholine rings is 1. The van der Waals surface area contributed by atoms with Crippen LogP contribution in [-0.4, -0.2) is 42.4 Å². The van der Waals surface area contributed by atoms with Gasteiger partial charge in [-0.1, -0.05) is 32.9 Å². The Morgan fingerprint density at radius 2 is 1.72 bits per heavy atom. The Bertz CT molecular complexity index is 715. The minimum Gasteiger partial charge on any atom is -0.378 e. The molecule has 2 aromatic rings. The van der Waals surface area contributed by atoms with E-state index in [1.807, 2.05) is 30.3 Å². The lowest BCUT2D eigenvalue weighted by atomic mass is 9.87. The van der Waals surface area contributed by atoms with E-state index in [1.54, 1.807) is 6.07 Å². The van der Waals surface area contributed by atoms with Gasteiger partial charge < -0.3 is 15.0 Å². The number of amides is 1. The summed E-state index contributed by atoms with van der Waals surface area (Å²) in [5.74, 6) is 1.06. The molecule has 1 saturated heterocycles. The number of nitrogens with one attached hydrogen (secondary N) is 1. The predicted molar refractivity (Wildman–Crippen MR) is 98.2 cm³/mol. The lowest BCUT2D eigenvalue weighted by molar-refractivity contribution is 0.102. The van der Waals surface area contributed by atoms with Crippen molar-refractivity contribution >= 4 is 17.5 Å². The topological polar surface area (TPSA) is 67.4 Å². The van der Waals surface area contributed by atoms with Gasteiger partial charge in [0.15, 0.2) is 11.6 Å². The van der Waals surface area contributed by atoms with Crippen LogP contribution in [0.2, 0.25) is 0 Å². The Labute approximate surface area is 148 Å². The number of nitrogens with zero attached hydrogens (tertiary/aromatic N) is 3. The summed E-state index contributed by atoms with van der Waals surface area (Å²) < 4.78 is 5.33. The molecule has 25 heavy (non-hydrogen) atoms. The Kier molecular flexibility index (Phi) is 4.99. The summed E-state index contributed by atoms with van der Waals surface area (Å²) in [5.41, 5.74) is 1.86. The van der Waals surface area contributed by atoms with Crippen molar-refractivity contribution in [1.29, 1.82) is 0 Å². The summed E-state index contributed by atoms with van der Waals surface area (Å²) in [6.45, 7) is 9.45. The molecule has 1 aromatic heterocycles. The molecule has 0 aliphatic carbocycles. The molecule has 1 aliphatic heterocycles. The fourth-order valence-corrected chi connectivity index (χ4v) is 2.66. The summed E-state index contributed by atoms with van der Waals surface area (Å²) in [5, 5.41) is 11.1. The van der Waals surface area contributed by atoms with Crippen LogP contribution in [0.4, 0.5) is 11.6 Å². The van der Waals surface area contributed by atoms with Crippen molar-refractivity contribution in [1.82, 2.24) is 10.2 Å². The second kappa shape index (κ2) is 7.19. The van der Waals surface area contributed by atoms with Crippen LogP contribution in [0.25, 0.3) is 0 Å². The molecule has 3 rings (SSSR count). The van der Waals surface area contributed by atoms with Gasteiger partial charge in [-0.2, -0.15) is 0 Å². The van der Waals surface area contributed by atoms with E-state index in [-0.39, 0.29) is 11.3 Å². The maximum absolute atomic E-state index is 12.4. The molecule has 6 heteroatoms. The van der Waals surface area contributed by atoms with Gasteiger partial charge >= 0.3 is 0 Å². The maximum Gasteiger partial charge on any atom is 0.256 e. The number of carbonyl (C=O) groups excluding carboxylic acids is 1. The van der Waals surface area contributed by atoms with Gasteiger partial charge in [0.05, 0.1) is 13.2 Å². The van der Waals surface area contributed by atoms with Crippen LogP contribution in [-0.2, 0) is 10.2 Å². The number of benzene rings is 1. The number of hydrogen-bond donors (Lipinski definition) is 1. The molecule has 0 saturated carbocycles. The molecular formula is C19H24N4O2. The molecule has 2 heterocycles. The highest BCUT2D eigenvalue weighted by atomic mass is 16.5. The average Bonchev–Trinajstić information content (AvgIpc) is 2.62. The first-order valence-corrected chi connectivity index (χ1v) is 8.52. The SMILES string of the molecule is CC(C)(C)c1ccc(C(=O)Nc2ccc(N3CCOCC3)nn2)cc1. The quantitative estimate of drug-likeness (QED) is 0.930. The fourth-order valence-electron chi connectivity index (χ4n) is 2.66. The van der Waals surface area contributed by atoms with Crippen LogP contribution in [0.15, 0.2) is 36.4 Å². The van der Waals surface area contributed by atoms with Crippen molar-refractivity contribution in [2.24, 2.45) is 0 Å². The van der Waals surface area contributed by atoms with Gasteiger partial charge in [0.1, 0.15) is 0 Å². The van der Waals surface area contributed by atoms with Crippen LogP contribution in [0, 0.1) is 0 Å². The predicted octanol–water partition coefficient (Wildman–Crippen LogP) is 2.86. The zero-order chi connectivity index (χ0) is 17.9. The highest BCUT2D eigenvalue weighted by molar-refractivity contribution is 6.03. The third-order valence-electron chi connectivity index (χ3n) is 4.24.